The predicted octanol–water partition coefficient (Wildman–Crippen LogP) is 2.28. The lowest BCUT2D eigenvalue weighted by Crippen LogP contribution is -2.31. The summed E-state index contributed by atoms with van der Waals surface area (Å²) in [4.78, 5) is 23.1. The lowest BCUT2D eigenvalue weighted by Gasteiger charge is -2.14. The maximum atomic E-state index is 11.4. The van der Waals surface area contributed by atoms with E-state index in [0.29, 0.717) is 6.42 Å². The Kier molecular flexibility index (Phi) is 8.58. The van der Waals surface area contributed by atoms with Gasteiger partial charge in [-0.3, -0.25) is 9.59 Å². The molecule has 1 N–H and O–H groups in total. The number of carboxylic acid groups (broad SMARTS) is 1. The highest BCUT2D eigenvalue weighted by Gasteiger charge is 2.10. The summed E-state index contributed by atoms with van der Waals surface area (Å²) in [6.45, 7) is 1.97. The Bertz CT molecular complexity index is 216. The molecule has 0 aromatic heterocycles. The molecule has 0 bridgehead atoms. The van der Waals surface area contributed by atoms with E-state index < -0.39 is 5.97 Å². The molecule has 0 aliphatic heterocycles. The second-order valence-electron chi connectivity index (χ2n) is 4.16. The Morgan fingerprint density at radius 3 is 2.19 bits per heavy atom. The van der Waals surface area contributed by atoms with Crippen LogP contribution in [0, 0.1) is 0 Å². The number of hydrogen-bond acceptors (Lipinski definition) is 2. The number of amides is 1. The molecule has 0 rings (SSSR count). The molecular weight excluding hydrogens is 206 g/mol. The molecule has 0 unspecified atom stereocenters. The lowest BCUT2D eigenvalue weighted by molar-refractivity contribution is -0.143. The molecule has 0 aliphatic rings. The van der Waals surface area contributed by atoms with Crippen molar-refractivity contribution in [2.45, 2.75) is 51.9 Å². The average Bonchev–Trinajstić information content (AvgIpc) is 2.21. The zero-order chi connectivity index (χ0) is 12.4. The fourth-order valence-corrected chi connectivity index (χ4v) is 1.54. The van der Waals surface area contributed by atoms with E-state index >= 15 is 0 Å². The van der Waals surface area contributed by atoms with Crippen LogP contribution in [0.25, 0.3) is 0 Å². The van der Waals surface area contributed by atoms with Crippen molar-refractivity contribution in [3.05, 3.63) is 0 Å². The monoisotopic (exact) mass is 229 g/mol. The molecule has 4 nitrogen and oxygen atoms in total. The first kappa shape index (κ1) is 14.9. The van der Waals surface area contributed by atoms with Crippen molar-refractivity contribution >= 4 is 11.9 Å². The summed E-state index contributed by atoms with van der Waals surface area (Å²) in [6, 6.07) is 0. The molecule has 1 amide bonds. The minimum atomic E-state index is -0.959. The van der Waals surface area contributed by atoms with Crippen LogP contribution in [-0.4, -0.2) is 35.5 Å². The van der Waals surface area contributed by atoms with Gasteiger partial charge in [-0.25, -0.2) is 0 Å². The Morgan fingerprint density at radius 2 is 1.62 bits per heavy atom. The van der Waals surface area contributed by atoms with Gasteiger partial charge in [-0.2, -0.15) is 0 Å². The number of carbonyl (C=O) groups excluding carboxylic acids is 1. The highest BCUT2D eigenvalue weighted by atomic mass is 16.4. The normalized spacial score (nSPS) is 10.1. The van der Waals surface area contributed by atoms with Gasteiger partial charge in [-0.1, -0.05) is 39.0 Å². The summed E-state index contributed by atoms with van der Waals surface area (Å²) in [5.41, 5.74) is 0. The van der Waals surface area contributed by atoms with Crippen LogP contribution in [0.4, 0.5) is 0 Å². The molecule has 0 aromatic carbocycles. The molecule has 0 spiro atoms. The Morgan fingerprint density at radius 1 is 1.06 bits per heavy atom. The number of carbonyl (C=O) groups is 2. The summed E-state index contributed by atoms with van der Waals surface area (Å²) < 4.78 is 0. The zero-order valence-electron chi connectivity index (χ0n) is 10.4. The van der Waals surface area contributed by atoms with Gasteiger partial charge in [0, 0.05) is 13.5 Å². The SMILES string of the molecule is CCCCCCCCC(=O)N(C)CC(=O)O. The zero-order valence-corrected chi connectivity index (χ0v) is 10.4. The van der Waals surface area contributed by atoms with Crippen molar-refractivity contribution in [3.63, 3.8) is 0 Å². The van der Waals surface area contributed by atoms with Gasteiger partial charge in [0.2, 0.25) is 5.91 Å². The molecule has 0 radical (unpaired) electrons. The molecule has 0 fully saturated rings. The standard InChI is InChI=1S/C12H23NO3/c1-3-4-5-6-7-8-9-11(14)13(2)10-12(15)16/h3-10H2,1-2H3,(H,15,16). The number of rotatable bonds is 9. The van der Waals surface area contributed by atoms with E-state index in [4.69, 9.17) is 5.11 Å². The molecular formula is C12H23NO3. The maximum Gasteiger partial charge on any atom is 0.323 e. The highest BCUT2D eigenvalue weighted by Crippen LogP contribution is 2.07. The first-order valence-corrected chi connectivity index (χ1v) is 6.03. The van der Waals surface area contributed by atoms with Crippen LogP contribution in [0.1, 0.15) is 51.9 Å². The van der Waals surface area contributed by atoms with Crippen molar-refractivity contribution in [3.8, 4) is 0 Å². The van der Waals surface area contributed by atoms with E-state index in [2.05, 4.69) is 6.92 Å². The van der Waals surface area contributed by atoms with E-state index in [-0.39, 0.29) is 12.5 Å². The predicted molar refractivity (Wildman–Crippen MR) is 63.3 cm³/mol. The van der Waals surface area contributed by atoms with Crippen LogP contribution >= 0.6 is 0 Å². The van der Waals surface area contributed by atoms with Crippen LogP contribution in [0.5, 0.6) is 0 Å². The van der Waals surface area contributed by atoms with Crippen molar-refractivity contribution in [1.82, 2.24) is 4.90 Å². The number of carboxylic acids is 1. The quantitative estimate of drug-likeness (QED) is 0.617. The van der Waals surface area contributed by atoms with Crippen molar-refractivity contribution in [1.29, 1.82) is 0 Å². The summed E-state index contributed by atoms with van der Waals surface area (Å²) in [7, 11) is 1.54. The Labute approximate surface area is 97.6 Å². The second-order valence-corrected chi connectivity index (χ2v) is 4.16. The molecule has 4 heteroatoms. The Hall–Kier alpha value is -1.06. The van der Waals surface area contributed by atoms with Crippen molar-refractivity contribution < 1.29 is 14.7 Å². The van der Waals surface area contributed by atoms with Crippen LogP contribution in [0.3, 0.4) is 0 Å². The van der Waals surface area contributed by atoms with Crippen LogP contribution in [0.15, 0.2) is 0 Å². The average molecular weight is 229 g/mol. The largest absolute Gasteiger partial charge is 0.480 e. The second kappa shape index (κ2) is 9.19. The van der Waals surface area contributed by atoms with Crippen LogP contribution in [0.2, 0.25) is 0 Å². The molecule has 0 aliphatic carbocycles. The van der Waals surface area contributed by atoms with Gasteiger partial charge in [0.25, 0.3) is 0 Å². The molecule has 0 aromatic rings. The van der Waals surface area contributed by atoms with Gasteiger partial charge >= 0.3 is 5.97 Å². The molecule has 0 saturated heterocycles. The minimum absolute atomic E-state index is 0.0714. The van der Waals surface area contributed by atoms with Gasteiger partial charge in [0.1, 0.15) is 6.54 Å². The number of nitrogens with zero attached hydrogens (tertiary/aromatic N) is 1. The topological polar surface area (TPSA) is 57.6 Å². The van der Waals surface area contributed by atoms with Crippen LogP contribution < -0.4 is 0 Å². The fourth-order valence-electron chi connectivity index (χ4n) is 1.54. The van der Waals surface area contributed by atoms with Gasteiger partial charge in [0.05, 0.1) is 0 Å². The molecule has 94 valence electrons. The maximum absolute atomic E-state index is 11.4. The summed E-state index contributed by atoms with van der Waals surface area (Å²) in [6.07, 6.45) is 7.28. The van der Waals surface area contributed by atoms with E-state index in [1.54, 1.807) is 0 Å². The number of aliphatic carboxylic acids is 1. The van der Waals surface area contributed by atoms with Gasteiger partial charge in [0.15, 0.2) is 0 Å². The van der Waals surface area contributed by atoms with E-state index in [0.717, 1.165) is 12.8 Å². The van der Waals surface area contributed by atoms with E-state index in [9.17, 15) is 9.59 Å². The van der Waals surface area contributed by atoms with Crippen LogP contribution in [-0.2, 0) is 9.59 Å². The van der Waals surface area contributed by atoms with Gasteiger partial charge in [-0.05, 0) is 6.42 Å². The van der Waals surface area contributed by atoms with Crippen molar-refractivity contribution in [2.75, 3.05) is 13.6 Å². The van der Waals surface area contributed by atoms with E-state index in [1.165, 1.54) is 37.6 Å². The first-order valence-electron chi connectivity index (χ1n) is 6.03. The third kappa shape index (κ3) is 8.26. The highest BCUT2D eigenvalue weighted by molar-refractivity contribution is 5.80. The third-order valence-corrected chi connectivity index (χ3v) is 2.54. The molecule has 0 saturated carbocycles. The number of unbranched alkanes of at least 4 members (excludes halogenated alkanes) is 5. The fraction of sp³-hybridized carbons (Fsp3) is 0.833. The molecule has 0 atom stereocenters. The minimum Gasteiger partial charge on any atom is -0.480 e. The first-order chi connectivity index (χ1) is 7.57. The number of likely N-dealkylation sites (N-methyl/N-ethyl adjacent to an activating group) is 1. The summed E-state index contributed by atoms with van der Waals surface area (Å²) in [5.74, 6) is -1.03. The van der Waals surface area contributed by atoms with Gasteiger partial charge in [-0.15, -0.1) is 0 Å². The number of hydrogen-bond donors (Lipinski definition) is 1. The molecule has 0 heterocycles. The summed E-state index contributed by atoms with van der Waals surface area (Å²) >= 11 is 0. The lowest BCUT2D eigenvalue weighted by atomic mass is 10.1. The smallest absolute Gasteiger partial charge is 0.323 e. The van der Waals surface area contributed by atoms with E-state index in [1.807, 2.05) is 0 Å². The Balaban J connectivity index is 3.46. The molecule has 16 heavy (non-hydrogen) atoms. The summed E-state index contributed by atoms with van der Waals surface area (Å²) in [5, 5.41) is 8.51. The van der Waals surface area contributed by atoms with Gasteiger partial charge < -0.3 is 10.0 Å². The van der Waals surface area contributed by atoms with Crippen molar-refractivity contribution in [2.24, 2.45) is 0 Å². The third-order valence-electron chi connectivity index (χ3n) is 2.54.